The molecule has 144 valence electrons. The molecular formula is C18H10ClF3N2O4. The van der Waals surface area contributed by atoms with E-state index < -0.39 is 22.6 Å². The van der Waals surface area contributed by atoms with Crippen molar-refractivity contribution >= 4 is 28.9 Å². The Bertz CT molecular complexity index is 1060. The van der Waals surface area contributed by atoms with E-state index in [1.54, 1.807) is 6.07 Å². The molecule has 0 saturated carbocycles. The second kappa shape index (κ2) is 7.35. The van der Waals surface area contributed by atoms with Gasteiger partial charge in [-0.25, -0.2) is 0 Å². The molecule has 0 unspecified atom stereocenters. The fourth-order valence-electron chi connectivity index (χ4n) is 2.43. The number of carbonyl (C=O) groups is 1. The predicted octanol–water partition coefficient (Wildman–Crippen LogP) is 5.78. The second-order valence-corrected chi connectivity index (χ2v) is 5.99. The van der Waals surface area contributed by atoms with Gasteiger partial charge in [0.05, 0.1) is 26.8 Å². The van der Waals surface area contributed by atoms with Gasteiger partial charge >= 0.3 is 6.18 Å². The normalized spacial score (nSPS) is 11.3. The third-order valence-electron chi connectivity index (χ3n) is 3.74. The topological polar surface area (TPSA) is 85.4 Å². The van der Waals surface area contributed by atoms with Gasteiger partial charge in [0, 0.05) is 6.07 Å². The predicted molar refractivity (Wildman–Crippen MR) is 95.2 cm³/mol. The number of nitrogens with zero attached hydrogens (tertiary/aromatic N) is 1. The van der Waals surface area contributed by atoms with Crippen LogP contribution in [0.1, 0.15) is 16.1 Å². The number of halogens is 4. The highest BCUT2D eigenvalue weighted by Crippen LogP contribution is 2.34. The minimum Gasteiger partial charge on any atom is -0.451 e. The smallest absolute Gasteiger partial charge is 0.416 e. The second-order valence-electron chi connectivity index (χ2n) is 5.58. The third-order valence-corrected chi connectivity index (χ3v) is 4.07. The van der Waals surface area contributed by atoms with Crippen molar-refractivity contribution in [2.45, 2.75) is 6.18 Å². The van der Waals surface area contributed by atoms with Gasteiger partial charge in [0.2, 0.25) is 0 Å². The zero-order valence-electron chi connectivity index (χ0n) is 13.8. The van der Waals surface area contributed by atoms with Crippen molar-refractivity contribution in [3.63, 3.8) is 0 Å². The molecule has 1 aromatic heterocycles. The van der Waals surface area contributed by atoms with Crippen molar-refractivity contribution in [2.75, 3.05) is 5.32 Å². The van der Waals surface area contributed by atoms with Crippen LogP contribution in [0.5, 0.6) is 0 Å². The number of hydrogen-bond acceptors (Lipinski definition) is 4. The Morgan fingerprint density at radius 3 is 2.50 bits per heavy atom. The monoisotopic (exact) mass is 410 g/mol. The fourth-order valence-corrected chi connectivity index (χ4v) is 2.59. The average molecular weight is 411 g/mol. The van der Waals surface area contributed by atoms with Crippen molar-refractivity contribution < 1.29 is 27.3 Å². The summed E-state index contributed by atoms with van der Waals surface area (Å²) in [5, 5.41) is 13.3. The third kappa shape index (κ3) is 3.99. The van der Waals surface area contributed by atoms with Crippen molar-refractivity contribution in [2.24, 2.45) is 0 Å². The number of nitro groups is 1. The summed E-state index contributed by atoms with van der Waals surface area (Å²) in [4.78, 5) is 22.8. The van der Waals surface area contributed by atoms with E-state index in [1.165, 1.54) is 30.3 Å². The number of para-hydroxylation sites is 1. The van der Waals surface area contributed by atoms with Crippen LogP contribution in [-0.2, 0) is 6.18 Å². The van der Waals surface area contributed by atoms with Crippen LogP contribution in [0.15, 0.2) is 59.0 Å². The largest absolute Gasteiger partial charge is 0.451 e. The Hall–Kier alpha value is -3.33. The maximum absolute atomic E-state index is 12.8. The molecule has 0 bridgehead atoms. The lowest BCUT2D eigenvalue weighted by Gasteiger charge is -2.11. The van der Waals surface area contributed by atoms with E-state index in [0.717, 1.165) is 12.1 Å². The molecule has 0 fully saturated rings. The molecule has 28 heavy (non-hydrogen) atoms. The van der Waals surface area contributed by atoms with Crippen LogP contribution in [0.25, 0.3) is 11.3 Å². The molecule has 0 aliphatic rings. The first kappa shape index (κ1) is 19.4. The molecule has 6 nitrogen and oxygen atoms in total. The number of anilines is 1. The number of furan rings is 1. The Labute approximate surface area is 160 Å². The maximum atomic E-state index is 12.8. The first-order chi connectivity index (χ1) is 13.2. The van der Waals surface area contributed by atoms with Gasteiger partial charge in [-0.05, 0) is 36.4 Å². The zero-order chi connectivity index (χ0) is 20.5. The van der Waals surface area contributed by atoms with Crippen LogP contribution < -0.4 is 5.32 Å². The zero-order valence-corrected chi connectivity index (χ0v) is 14.5. The van der Waals surface area contributed by atoms with Crippen LogP contribution in [0.3, 0.4) is 0 Å². The van der Waals surface area contributed by atoms with Crippen molar-refractivity contribution in [1.82, 2.24) is 0 Å². The van der Waals surface area contributed by atoms with Crippen molar-refractivity contribution in [3.05, 3.63) is 81.1 Å². The number of nitrogens with one attached hydrogen (secondary N) is 1. The SMILES string of the molecule is O=C(Nc1cc(C(F)(F)F)ccc1Cl)c1ccc(-c2ccccc2[N+](=O)[O-])o1. The van der Waals surface area contributed by atoms with Gasteiger partial charge in [-0.1, -0.05) is 23.7 Å². The van der Waals surface area contributed by atoms with E-state index >= 15 is 0 Å². The van der Waals surface area contributed by atoms with Crippen LogP contribution in [-0.4, -0.2) is 10.8 Å². The summed E-state index contributed by atoms with van der Waals surface area (Å²) in [5.74, 6) is -1.04. The lowest BCUT2D eigenvalue weighted by molar-refractivity contribution is -0.384. The molecular weight excluding hydrogens is 401 g/mol. The highest BCUT2D eigenvalue weighted by atomic mass is 35.5. The van der Waals surface area contributed by atoms with E-state index in [2.05, 4.69) is 5.32 Å². The van der Waals surface area contributed by atoms with Gasteiger partial charge < -0.3 is 9.73 Å². The number of nitro benzene ring substituents is 1. The standard InChI is InChI=1S/C18H10ClF3N2O4/c19-12-6-5-10(18(20,21)22)9-13(12)23-17(25)16-8-7-15(28-16)11-3-1-2-4-14(11)24(26)27/h1-9H,(H,23,25). The van der Waals surface area contributed by atoms with Crippen LogP contribution >= 0.6 is 11.6 Å². The summed E-state index contributed by atoms with van der Waals surface area (Å²) in [7, 11) is 0. The summed E-state index contributed by atoms with van der Waals surface area (Å²) < 4.78 is 43.8. The van der Waals surface area contributed by atoms with Gasteiger partial charge in [-0.15, -0.1) is 0 Å². The molecule has 0 radical (unpaired) electrons. The summed E-state index contributed by atoms with van der Waals surface area (Å²) in [6.07, 6.45) is -4.60. The fraction of sp³-hybridized carbons (Fsp3) is 0.0556. The molecule has 3 rings (SSSR count). The first-order valence-corrected chi connectivity index (χ1v) is 8.06. The molecule has 1 heterocycles. The summed E-state index contributed by atoms with van der Waals surface area (Å²) in [6.45, 7) is 0. The number of alkyl halides is 3. The van der Waals surface area contributed by atoms with Gasteiger partial charge in [0.15, 0.2) is 5.76 Å². The number of hydrogen-bond donors (Lipinski definition) is 1. The minimum atomic E-state index is -4.60. The maximum Gasteiger partial charge on any atom is 0.416 e. The van der Waals surface area contributed by atoms with Gasteiger partial charge in [-0.2, -0.15) is 13.2 Å². The highest BCUT2D eigenvalue weighted by Gasteiger charge is 2.31. The van der Waals surface area contributed by atoms with E-state index in [-0.39, 0.29) is 33.5 Å². The van der Waals surface area contributed by atoms with Crippen LogP contribution in [0, 0.1) is 10.1 Å². The molecule has 0 aliphatic heterocycles. The van der Waals surface area contributed by atoms with E-state index in [1.807, 2.05) is 0 Å². The quantitative estimate of drug-likeness (QED) is 0.436. The number of benzene rings is 2. The minimum absolute atomic E-state index is 0.0626. The lowest BCUT2D eigenvalue weighted by Crippen LogP contribution is -2.13. The van der Waals surface area contributed by atoms with Crippen LogP contribution in [0.2, 0.25) is 5.02 Å². The van der Waals surface area contributed by atoms with Gasteiger partial charge in [0.25, 0.3) is 11.6 Å². The van der Waals surface area contributed by atoms with E-state index in [9.17, 15) is 28.1 Å². The Morgan fingerprint density at radius 1 is 1.11 bits per heavy atom. The summed E-state index contributed by atoms with van der Waals surface area (Å²) in [6, 6.07) is 10.9. The number of rotatable bonds is 4. The Morgan fingerprint density at radius 2 is 1.82 bits per heavy atom. The van der Waals surface area contributed by atoms with Gasteiger partial charge in [0.1, 0.15) is 5.76 Å². The Balaban J connectivity index is 1.88. The molecule has 1 amide bonds. The Kier molecular flexibility index (Phi) is 5.10. The van der Waals surface area contributed by atoms with E-state index in [4.69, 9.17) is 16.0 Å². The van der Waals surface area contributed by atoms with E-state index in [0.29, 0.717) is 6.07 Å². The summed E-state index contributed by atoms with van der Waals surface area (Å²) >= 11 is 5.85. The molecule has 0 spiro atoms. The molecule has 0 atom stereocenters. The van der Waals surface area contributed by atoms with Gasteiger partial charge in [-0.3, -0.25) is 14.9 Å². The molecule has 2 aromatic carbocycles. The molecule has 0 saturated heterocycles. The number of amides is 1. The van der Waals surface area contributed by atoms with Crippen molar-refractivity contribution in [1.29, 1.82) is 0 Å². The number of carbonyl (C=O) groups excluding carboxylic acids is 1. The van der Waals surface area contributed by atoms with Crippen molar-refractivity contribution in [3.8, 4) is 11.3 Å². The highest BCUT2D eigenvalue weighted by molar-refractivity contribution is 6.33. The molecule has 10 heteroatoms. The molecule has 0 aliphatic carbocycles. The molecule has 3 aromatic rings. The first-order valence-electron chi connectivity index (χ1n) is 7.68. The van der Waals surface area contributed by atoms with Crippen LogP contribution in [0.4, 0.5) is 24.5 Å². The average Bonchev–Trinajstić information content (AvgIpc) is 3.12. The summed E-state index contributed by atoms with van der Waals surface area (Å²) in [5.41, 5.74) is -1.29. The molecule has 1 N–H and O–H groups in total. The lowest BCUT2D eigenvalue weighted by atomic mass is 10.1.